The fraction of sp³-hybridized carbons (Fsp3) is 0.765. The molecular weight excluding hydrogens is 247 g/mol. The maximum absolute atomic E-state index is 5.72. The Bertz CT molecular complexity index is 281. The highest BCUT2D eigenvalue weighted by Gasteiger charge is 2.24. The number of hydrogen-bond donors (Lipinski definition) is 0. The molecule has 0 N–H and O–H groups in total. The van der Waals surface area contributed by atoms with Crippen molar-refractivity contribution in [2.24, 2.45) is 0 Å². The Labute approximate surface area is 125 Å². The SMILES string of the molecule is CCCC/C=C(/C=C/CCCCCC)B1OCCCO1. The monoisotopic (exact) mass is 278 g/mol. The van der Waals surface area contributed by atoms with E-state index in [-0.39, 0.29) is 7.12 Å². The van der Waals surface area contributed by atoms with E-state index in [9.17, 15) is 0 Å². The molecule has 0 aromatic heterocycles. The zero-order valence-corrected chi connectivity index (χ0v) is 13.4. The largest absolute Gasteiger partial charge is 0.493 e. The molecule has 114 valence electrons. The number of rotatable bonds is 10. The van der Waals surface area contributed by atoms with Gasteiger partial charge >= 0.3 is 7.12 Å². The molecule has 0 amide bonds. The van der Waals surface area contributed by atoms with Gasteiger partial charge in [-0.15, -0.1) is 0 Å². The van der Waals surface area contributed by atoms with Gasteiger partial charge in [0.2, 0.25) is 0 Å². The number of hydrogen-bond acceptors (Lipinski definition) is 2. The topological polar surface area (TPSA) is 18.5 Å². The Balaban J connectivity index is 2.40. The first-order valence-electron chi connectivity index (χ1n) is 8.48. The van der Waals surface area contributed by atoms with Gasteiger partial charge in [-0.1, -0.05) is 64.2 Å². The van der Waals surface area contributed by atoms with Gasteiger partial charge in [0.05, 0.1) is 0 Å². The minimum absolute atomic E-state index is 0.132. The third kappa shape index (κ3) is 7.91. The molecule has 1 rings (SSSR count). The number of allylic oxidation sites excluding steroid dienone is 4. The summed E-state index contributed by atoms with van der Waals surface area (Å²) < 4.78 is 11.4. The molecule has 1 fully saturated rings. The summed E-state index contributed by atoms with van der Waals surface area (Å²) in [5.74, 6) is 0. The smallest absolute Gasteiger partial charge is 0.407 e. The Kier molecular flexibility index (Phi) is 10.7. The molecule has 1 aliphatic heterocycles. The van der Waals surface area contributed by atoms with Crippen molar-refractivity contribution in [1.29, 1.82) is 0 Å². The molecule has 1 saturated heterocycles. The van der Waals surface area contributed by atoms with Crippen LogP contribution in [-0.2, 0) is 9.31 Å². The van der Waals surface area contributed by atoms with Crippen molar-refractivity contribution in [2.75, 3.05) is 13.2 Å². The second-order valence-corrected chi connectivity index (χ2v) is 5.53. The Morgan fingerprint density at radius 2 is 1.70 bits per heavy atom. The van der Waals surface area contributed by atoms with Crippen LogP contribution in [0.2, 0.25) is 0 Å². The average Bonchev–Trinajstić information content (AvgIpc) is 2.50. The standard InChI is InChI=1S/C17H31BO2/c1-3-5-7-8-9-11-14-17(13-10-6-4-2)18-19-15-12-16-20-18/h11,13-14H,3-10,12,15-16H2,1-2H3/b14-11+,17-13-. The van der Waals surface area contributed by atoms with Crippen LogP contribution in [0.3, 0.4) is 0 Å². The van der Waals surface area contributed by atoms with E-state index in [0.717, 1.165) is 32.5 Å². The number of unbranched alkanes of at least 4 members (excludes halogenated alkanes) is 6. The fourth-order valence-corrected chi connectivity index (χ4v) is 2.30. The molecular formula is C17H31BO2. The minimum atomic E-state index is -0.132. The summed E-state index contributed by atoms with van der Waals surface area (Å²) in [6.07, 6.45) is 17.8. The van der Waals surface area contributed by atoms with Crippen molar-refractivity contribution in [2.45, 2.75) is 71.6 Å². The predicted octanol–water partition coefficient (Wildman–Crippen LogP) is 5.09. The molecule has 1 aliphatic rings. The molecule has 0 bridgehead atoms. The van der Waals surface area contributed by atoms with Crippen LogP contribution in [0.1, 0.15) is 71.6 Å². The van der Waals surface area contributed by atoms with Crippen LogP contribution in [0.15, 0.2) is 23.7 Å². The quantitative estimate of drug-likeness (QED) is 0.314. The first-order chi connectivity index (χ1) is 9.88. The second kappa shape index (κ2) is 12.2. The zero-order chi connectivity index (χ0) is 14.5. The average molecular weight is 278 g/mol. The van der Waals surface area contributed by atoms with E-state index >= 15 is 0 Å². The Morgan fingerprint density at radius 1 is 0.950 bits per heavy atom. The highest BCUT2D eigenvalue weighted by Crippen LogP contribution is 2.14. The summed E-state index contributed by atoms with van der Waals surface area (Å²) in [6, 6.07) is 0. The molecule has 0 aromatic carbocycles. The molecule has 0 radical (unpaired) electrons. The van der Waals surface area contributed by atoms with Crippen LogP contribution in [0.25, 0.3) is 0 Å². The van der Waals surface area contributed by atoms with Crippen LogP contribution < -0.4 is 0 Å². The zero-order valence-electron chi connectivity index (χ0n) is 13.4. The summed E-state index contributed by atoms with van der Waals surface area (Å²) in [4.78, 5) is 0. The van der Waals surface area contributed by atoms with Crippen molar-refractivity contribution >= 4 is 7.12 Å². The highest BCUT2D eigenvalue weighted by molar-refractivity contribution is 6.54. The normalized spacial score (nSPS) is 17.1. The summed E-state index contributed by atoms with van der Waals surface area (Å²) >= 11 is 0. The summed E-state index contributed by atoms with van der Waals surface area (Å²) in [7, 11) is -0.132. The first-order valence-corrected chi connectivity index (χ1v) is 8.48. The molecule has 0 unspecified atom stereocenters. The predicted molar refractivity (Wildman–Crippen MR) is 87.8 cm³/mol. The molecule has 0 aliphatic carbocycles. The third-order valence-electron chi connectivity index (χ3n) is 3.57. The van der Waals surface area contributed by atoms with Crippen molar-refractivity contribution in [3.8, 4) is 0 Å². The van der Waals surface area contributed by atoms with Crippen molar-refractivity contribution in [3.63, 3.8) is 0 Å². The van der Waals surface area contributed by atoms with E-state index in [1.807, 2.05) is 0 Å². The van der Waals surface area contributed by atoms with Crippen LogP contribution in [-0.4, -0.2) is 20.3 Å². The second-order valence-electron chi connectivity index (χ2n) is 5.53. The van der Waals surface area contributed by atoms with Gasteiger partial charge < -0.3 is 9.31 Å². The van der Waals surface area contributed by atoms with E-state index in [4.69, 9.17) is 9.31 Å². The van der Waals surface area contributed by atoms with E-state index < -0.39 is 0 Å². The van der Waals surface area contributed by atoms with Crippen LogP contribution in [0.5, 0.6) is 0 Å². The molecule has 0 spiro atoms. The summed E-state index contributed by atoms with van der Waals surface area (Å²) in [6.45, 7) is 6.12. The Morgan fingerprint density at radius 3 is 2.40 bits per heavy atom. The third-order valence-corrected chi connectivity index (χ3v) is 3.57. The maximum atomic E-state index is 5.72. The highest BCUT2D eigenvalue weighted by atomic mass is 16.6. The van der Waals surface area contributed by atoms with E-state index in [1.165, 1.54) is 44.0 Å². The van der Waals surface area contributed by atoms with E-state index in [2.05, 4.69) is 32.1 Å². The van der Waals surface area contributed by atoms with Crippen molar-refractivity contribution in [1.82, 2.24) is 0 Å². The van der Waals surface area contributed by atoms with Crippen LogP contribution >= 0.6 is 0 Å². The summed E-state index contributed by atoms with van der Waals surface area (Å²) in [5, 5.41) is 0. The van der Waals surface area contributed by atoms with Gasteiger partial charge in [-0.2, -0.15) is 0 Å². The molecule has 0 saturated carbocycles. The van der Waals surface area contributed by atoms with Crippen molar-refractivity contribution < 1.29 is 9.31 Å². The molecule has 0 atom stereocenters. The maximum Gasteiger partial charge on any atom is 0.493 e. The first kappa shape index (κ1) is 17.5. The fourth-order valence-electron chi connectivity index (χ4n) is 2.30. The van der Waals surface area contributed by atoms with Gasteiger partial charge in [0, 0.05) is 13.2 Å². The van der Waals surface area contributed by atoms with Gasteiger partial charge in [0.1, 0.15) is 0 Å². The van der Waals surface area contributed by atoms with Crippen LogP contribution in [0.4, 0.5) is 0 Å². The van der Waals surface area contributed by atoms with Gasteiger partial charge in [-0.05, 0) is 31.2 Å². The lowest BCUT2D eigenvalue weighted by Crippen LogP contribution is -2.31. The van der Waals surface area contributed by atoms with Crippen LogP contribution in [0, 0.1) is 0 Å². The van der Waals surface area contributed by atoms with E-state index in [0.29, 0.717) is 0 Å². The lowest BCUT2D eigenvalue weighted by atomic mass is 9.76. The molecule has 3 heteroatoms. The van der Waals surface area contributed by atoms with E-state index in [1.54, 1.807) is 0 Å². The van der Waals surface area contributed by atoms with Gasteiger partial charge in [-0.25, -0.2) is 0 Å². The molecule has 2 nitrogen and oxygen atoms in total. The lowest BCUT2D eigenvalue weighted by Gasteiger charge is -2.20. The van der Waals surface area contributed by atoms with Gasteiger partial charge in [-0.3, -0.25) is 0 Å². The molecule has 0 aromatic rings. The molecule has 1 heterocycles. The van der Waals surface area contributed by atoms with Gasteiger partial charge in [0.25, 0.3) is 0 Å². The lowest BCUT2D eigenvalue weighted by molar-refractivity contribution is 0.140. The Hall–Kier alpha value is -0.535. The summed E-state index contributed by atoms with van der Waals surface area (Å²) in [5.41, 5.74) is 1.22. The van der Waals surface area contributed by atoms with Crippen molar-refractivity contribution in [3.05, 3.63) is 23.7 Å². The minimum Gasteiger partial charge on any atom is -0.407 e. The molecule has 20 heavy (non-hydrogen) atoms. The van der Waals surface area contributed by atoms with Gasteiger partial charge in [0.15, 0.2) is 0 Å².